The third-order valence-corrected chi connectivity index (χ3v) is 4.77. The Balaban J connectivity index is 1.55. The number of carbonyl (C=O) groups is 1. The van der Waals surface area contributed by atoms with Crippen LogP contribution >= 0.6 is 0 Å². The van der Waals surface area contributed by atoms with E-state index in [0.29, 0.717) is 24.8 Å². The van der Waals surface area contributed by atoms with E-state index >= 15 is 0 Å². The van der Waals surface area contributed by atoms with Crippen molar-refractivity contribution in [1.29, 1.82) is 0 Å². The maximum Gasteiger partial charge on any atom is 0.291 e. The van der Waals surface area contributed by atoms with Gasteiger partial charge in [0.2, 0.25) is 5.76 Å². The van der Waals surface area contributed by atoms with Gasteiger partial charge in [-0.15, -0.1) is 0 Å². The van der Waals surface area contributed by atoms with Gasteiger partial charge in [0.1, 0.15) is 5.82 Å². The van der Waals surface area contributed by atoms with Crippen LogP contribution in [0.15, 0.2) is 23.2 Å². The third-order valence-electron chi connectivity index (χ3n) is 4.77. The fraction of sp³-hybridized carbons (Fsp3) is 0.562. The van der Waals surface area contributed by atoms with Crippen LogP contribution in [0, 0.1) is 0 Å². The predicted octanol–water partition coefficient (Wildman–Crippen LogP) is 1.79. The lowest BCUT2D eigenvalue weighted by Gasteiger charge is -2.39. The molecule has 1 atom stereocenters. The molecule has 3 heterocycles. The van der Waals surface area contributed by atoms with Gasteiger partial charge in [0.05, 0.1) is 11.7 Å². The van der Waals surface area contributed by atoms with Crippen LogP contribution in [0.25, 0.3) is 0 Å². The maximum atomic E-state index is 12.9. The number of nitrogens with zero attached hydrogens (tertiary/aromatic N) is 4. The van der Waals surface area contributed by atoms with Gasteiger partial charge in [-0.25, -0.2) is 9.97 Å². The van der Waals surface area contributed by atoms with Crippen molar-refractivity contribution >= 4 is 5.91 Å². The summed E-state index contributed by atoms with van der Waals surface area (Å²) >= 11 is 0. The first-order valence-electron chi connectivity index (χ1n) is 8.24. The minimum absolute atomic E-state index is 0.0447. The quantitative estimate of drug-likeness (QED) is 0.930. The van der Waals surface area contributed by atoms with Gasteiger partial charge in [0.25, 0.3) is 5.91 Å². The highest BCUT2D eigenvalue weighted by Crippen LogP contribution is 2.41. The number of H-pyrrole nitrogens is 1. The molecule has 2 fully saturated rings. The second kappa shape index (κ2) is 5.81. The molecule has 1 aliphatic heterocycles. The van der Waals surface area contributed by atoms with E-state index in [-0.39, 0.29) is 11.9 Å². The Morgan fingerprint density at radius 3 is 2.96 bits per heavy atom. The van der Waals surface area contributed by atoms with Crippen LogP contribution in [-0.2, 0) is 0 Å². The van der Waals surface area contributed by atoms with Crippen LogP contribution in [0.4, 0.5) is 0 Å². The molecule has 122 valence electrons. The van der Waals surface area contributed by atoms with E-state index < -0.39 is 0 Å². The van der Waals surface area contributed by atoms with Gasteiger partial charge in [0, 0.05) is 37.9 Å². The van der Waals surface area contributed by atoms with Gasteiger partial charge in [-0.2, -0.15) is 0 Å². The number of rotatable bonds is 4. The SMILES string of the molecule is CCN1CCN(C(=O)c2ocnc2C2CC2)CC1c1ncc[nH]1. The van der Waals surface area contributed by atoms with Gasteiger partial charge in [-0.05, 0) is 19.4 Å². The highest BCUT2D eigenvalue weighted by Gasteiger charge is 2.37. The lowest BCUT2D eigenvalue weighted by atomic mass is 10.1. The van der Waals surface area contributed by atoms with Crippen molar-refractivity contribution in [3.05, 3.63) is 36.1 Å². The van der Waals surface area contributed by atoms with E-state index in [2.05, 4.69) is 26.8 Å². The van der Waals surface area contributed by atoms with Gasteiger partial charge in [-0.1, -0.05) is 6.92 Å². The van der Waals surface area contributed by atoms with Crippen LogP contribution in [0.3, 0.4) is 0 Å². The van der Waals surface area contributed by atoms with Crippen LogP contribution in [0.1, 0.15) is 53.8 Å². The molecule has 0 aromatic carbocycles. The second-order valence-corrected chi connectivity index (χ2v) is 6.21. The van der Waals surface area contributed by atoms with Crippen molar-refractivity contribution in [2.24, 2.45) is 0 Å². The van der Waals surface area contributed by atoms with Crippen molar-refractivity contribution in [3.63, 3.8) is 0 Å². The molecule has 23 heavy (non-hydrogen) atoms. The van der Waals surface area contributed by atoms with Crippen molar-refractivity contribution in [2.75, 3.05) is 26.2 Å². The summed E-state index contributed by atoms with van der Waals surface area (Å²) in [5.74, 6) is 1.70. The molecule has 7 heteroatoms. The molecule has 0 spiro atoms. The molecule has 0 bridgehead atoms. The Hall–Kier alpha value is -2.15. The Bertz CT molecular complexity index is 676. The number of oxazole rings is 1. The lowest BCUT2D eigenvalue weighted by molar-refractivity contribution is 0.0452. The Labute approximate surface area is 134 Å². The molecule has 0 radical (unpaired) electrons. The molecule has 1 aliphatic carbocycles. The van der Waals surface area contributed by atoms with Crippen molar-refractivity contribution < 1.29 is 9.21 Å². The van der Waals surface area contributed by atoms with Crippen molar-refractivity contribution in [1.82, 2.24) is 24.8 Å². The first-order chi connectivity index (χ1) is 11.3. The molecule has 1 unspecified atom stereocenters. The number of piperazine rings is 1. The molecular weight excluding hydrogens is 294 g/mol. The summed E-state index contributed by atoms with van der Waals surface area (Å²) in [6.07, 6.45) is 7.18. The van der Waals surface area contributed by atoms with Crippen molar-refractivity contribution in [3.8, 4) is 0 Å². The maximum absolute atomic E-state index is 12.9. The molecule has 1 N–H and O–H groups in total. The number of carbonyl (C=O) groups excluding carboxylic acids is 1. The molecular formula is C16H21N5O2. The topological polar surface area (TPSA) is 78.3 Å². The second-order valence-electron chi connectivity index (χ2n) is 6.21. The smallest absolute Gasteiger partial charge is 0.291 e. The van der Waals surface area contributed by atoms with E-state index in [1.54, 1.807) is 6.20 Å². The minimum Gasteiger partial charge on any atom is -0.438 e. The van der Waals surface area contributed by atoms with E-state index in [4.69, 9.17) is 4.42 Å². The summed E-state index contributed by atoms with van der Waals surface area (Å²) in [6.45, 7) is 5.22. The average Bonchev–Trinajstić information content (AvgIpc) is 3.09. The van der Waals surface area contributed by atoms with Crippen LogP contribution < -0.4 is 0 Å². The molecule has 1 saturated heterocycles. The first-order valence-corrected chi connectivity index (χ1v) is 8.24. The number of likely N-dealkylation sites (N-methyl/N-ethyl adjacent to an activating group) is 1. The summed E-state index contributed by atoms with van der Waals surface area (Å²) in [6, 6.07) is 0.0972. The van der Waals surface area contributed by atoms with E-state index in [1.807, 2.05) is 11.1 Å². The van der Waals surface area contributed by atoms with E-state index in [0.717, 1.165) is 37.4 Å². The monoisotopic (exact) mass is 315 g/mol. The first kappa shape index (κ1) is 14.4. The zero-order chi connectivity index (χ0) is 15.8. The standard InChI is InChI=1S/C16H21N5O2/c1-2-20-7-8-21(9-12(20)15-17-5-6-18-15)16(22)14-13(11-3-4-11)19-10-23-14/h5-6,10-12H,2-4,7-9H2,1H3,(H,17,18). The molecule has 2 aromatic heterocycles. The van der Waals surface area contributed by atoms with Gasteiger partial charge in [0.15, 0.2) is 6.39 Å². The number of amides is 1. The normalized spacial score (nSPS) is 22.5. The molecule has 7 nitrogen and oxygen atoms in total. The van der Waals surface area contributed by atoms with Gasteiger partial charge < -0.3 is 14.3 Å². The molecule has 2 aromatic rings. The van der Waals surface area contributed by atoms with Gasteiger partial charge >= 0.3 is 0 Å². The number of hydrogen-bond acceptors (Lipinski definition) is 5. The fourth-order valence-electron chi connectivity index (χ4n) is 3.31. The van der Waals surface area contributed by atoms with Gasteiger partial charge in [-0.3, -0.25) is 9.69 Å². The summed E-state index contributed by atoms with van der Waals surface area (Å²) in [7, 11) is 0. The number of imidazole rings is 1. The predicted molar refractivity (Wildman–Crippen MR) is 83.0 cm³/mol. The average molecular weight is 315 g/mol. The zero-order valence-electron chi connectivity index (χ0n) is 13.2. The summed E-state index contributed by atoms with van der Waals surface area (Å²) in [4.78, 5) is 28.9. The van der Waals surface area contributed by atoms with E-state index in [9.17, 15) is 4.79 Å². The highest BCUT2D eigenvalue weighted by molar-refractivity contribution is 5.92. The largest absolute Gasteiger partial charge is 0.438 e. The fourth-order valence-corrected chi connectivity index (χ4v) is 3.31. The number of aromatic amines is 1. The van der Waals surface area contributed by atoms with Crippen molar-refractivity contribution in [2.45, 2.75) is 31.7 Å². The summed E-state index contributed by atoms with van der Waals surface area (Å²) < 4.78 is 5.42. The van der Waals surface area contributed by atoms with Crippen LogP contribution in [0.2, 0.25) is 0 Å². The molecule has 1 amide bonds. The number of aromatic nitrogens is 3. The van der Waals surface area contributed by atoms with Crippen LogP contribution in [-0.4, -0.2) is 56.8 Å². The Morgan fingerprint density at radius 2 is 2.26 bits per heavy atom. The van der Waals surface area contributed by atoms with E-state index in [1.165, 1.54) is 6.39 Å². The molecule has 2 aliphatic rings. The Kier molecular flexibility index (Phi) is 3.65. The number of hydrogen-bond donors (Lipinski definition) is 1. The zero-order valence-corrected chi connectivity index (χ0v) is 13.2. The third kappa shape index (κ3) is 2.65. The highest BCUT2D eigenvalue weighted by atomic mass is 16.3. The lowest BCUT2D eigenvalue weighted by Crippen LogP contribution is -2.50. The Morgan fingerprint density at radius 1 is 1.39 bits per heavy atom. The number of nitrogens with one attached hydrogen (secondary N) is 1. The minimum atomic E-state index is -0.0447. The molecule has 4 rings (SSSR count). The van der Waals surface area contributed by atoms with Crippen LogP contribution in [0.5, 0.6) is 0 Å². The summed E-state index contributed by atoms with van der Waals surface area (Å²) in [5, 5.41) is 0. The summed E-state index contributed by atoms with van der Waals surface area (Å²) in [5.41, 5.74) is 0.836. The molecule has 1 saturated carbocycles.